The number of aryl methyl sites for hydroxylation is 2. The molecule has 14 nitrogen and oxygen atoms in total. The van der Waals surface area contributed by atoms with Crippen LogP contribution in [0.25, 0.3) is 11.3 Å². The van der Waals surface area contributed by atoms with Crippen LogP contribution < -0.4 is 10.0 Å². The number of rotatable bonds is 10. The van der Waals surface area contributed by atoms with Crippen molar-refractivity contribution < 1.29 is 23.1 Å². The SMILES string of the molecule is CC(C)(C(=O)O)c1ccccc1.Cc1cc(C2CC2)nc2cc([C@@H]3CCCCN3)nn12.Cc1cc(C2CC2)nc2cc([C@@H]3CCCCN3C(=O)[C@](C)(NS(C)(=O)=O)c3ccccc3)nn12. The van der Waals surface area contributed by atoms with Crippen molar-refractivity contribution in [2.75, 3.05) is 19.3 Å². The molecule has 3 atom stereocenters. The van der Waals surface area contributed by atoms with Crippen LogP contribution in [0.3, 0.4) is 0 Å². The standard InChI is InChI=1S/C25H31N5O3S.C15H20N4.C10H12O2/c1-17-15-20(18-12-13-18)26-23-16-21(27-30(17)23)22-11-7-8-14-29(22)24(31)25(2,28-34(3,32)33)19-9-5-4-6-10-19;1-10-8-13(11-5-6-11)17-15-9-14(18-19(10)15)12-4-2-3-7-16-12;1-10(2,9(11)12)8-6-4-3-5-7-8/h4-6,9-10,15-16,18,22,28H,7-8,11-14H2,1-3H3;8-9,11-12,16H,2-7H2,1H3;3-7H,1-2H3,(H,11,12)/t22-,25+;12-;/m00./s1. The molecular formula is C50H63N9O5S. The molecular weight excluding hydrogens is 839 g/mol. The van der Waals surface area contributed by atoms with Crippen LogP contribution in [0.15, 0.2) is 84.9 Å². The summed E-state index contributed by atoms with van der Waals surface area (Å²) in [5.74, 6) is 0.182. The summed E-state index contributed by atoms with van der Waals surface area (Å²) in [6.45, 7) is 10.9. The summed E-state index contributed by atoms with van der Waals surface area (Å²) < 4.78 is 31.1. The highest BCUT2D eigenvalue weighted by Gasteiger charge is 2.44. The Labute approximate surface area is 382 Å². The summed E-state index contributed by atoms with van der Waals surface area (Å²) in [7, 11) is -3.66. The first-order valence-corrected chi connectivity index (χ1v) is 25.0. The largest absolute Gasteiger partial charge is 0.481 e. The van der Waals surface area contributed by atoms with Crippen LogP contribution in [0.2, 0.25) is 0 Å². The lowest BCUT2D eigenvalue weighted by Crippen LogP contribution is -2.56. The molecule has 4 fully saturated rings. The van der Waals surface area contributed by atoms with Gasteiger partial charge in [0.25, 0.3) is 0 Å². The van der Waals surface area contributed by atoms with Gasteiger partial charge in [0.05, 0.1) is 35.1 Å². The molecule has 65 heavy (non-hydrogen) atoms. The van der Waals surface area contributed by atoms with Gasteiger partial charge in [-0.15, -0.1) is 0 Å². The number of amides is 1. The molecule has 2 aromatic carbocycles. The van der Waals surface area contributed by atoms with Gasteiger partial charge < -0.3 is 15.3 Å². The first kappa shape index (κ1) is 46.0. The van der Waals surface area contributed by atoms with Crippen molar-refractivity contribution in [2.24, 2.45) is 0 Å². The second kappa shape index (κ2) is 18.8. The van der Waals surface area contributed by atoms with E-state index in [0.717, 1.165) is 71.7 Å². The van der Waals surface area contributed by atoms with E-state index in [1.54, 1.807) is 37.8 Å². The van der Waals surface area contributed by atoms with E-state index in [-0.39, 0.29) is 11.9 Å². The fourth-order valence-corrected chi connectivity index (χ4v) is 10.0. The van der Waals surface area contributed by atoms with Crippen LogP contribution in [0, 0.1) is 13.8 Å². The number of carboxylic acid groups (broad SMARTS) is 1. The van der Waals surface area contributed by atoms with E-state index in [4.69, 9.17) is 25.3 Å². The fraction of sp³-hybridized carbons (Fsp3) is 0.480. The van der Waals surface area contributed by atoms with Gasteiger partial charge in [0.1, 0.15) is 5.54 Å². The summed E-state index contributed by atoms with van der Waals surface area (Å²) >= 11 is 0. The maximum atomic E-state index is 14.1. The monoisotopic (exact) mass is 901 g/mol. The third-order valence-corrected chi connectivity index (χ3v) is 14.0. The number of sulfonamides is 1. The maximum Gasteiger partial charge on any atom is 0.313 e. The lowest BCUT2D eigenvalue weighted by molar-refractivity contribution is -0.142. The molecule has 4 aliphatic rings. The van der Waals surface area contributed by atoms with E-state index >= 15 is 0 Å². The number of aliphatic carboxylic acids is 1. The van der Waals surface area contributed by atoms with E-state index in [0.29, 0.717) is 30.0 Å². The first-order chi connectivity index (χ1) is 31.0. The molecule has 10 rings (SSSR count). The molecule has 0 spiro atoms. The topological polar surface area (TPSA) is 176 Å². The smallest absolute Gasteiger partial charge is 0.313 e. The minimum atomic E-state index is -3.66. The predicted octanol–water partition coefficient (Wildman–Crippen LogP) is 8.21. The van der Waals surface area contributed by atoms with Gasteiger partial charge in [-0.2, -0.15) is 14.9 Å². The zero-order chi connectivity index (χ0) is 46.1. The number of piperidine rings is 2. The van der Waals surface area contributed by atoms with Gasteiger partial charge in [-0.05, 0) is 122 Å². The molecule has 0 radical (unpaired) electrons. The average molecular weight is 902 g/mol. The Morgan fingerprint density at radius 1 is 0.692 bits per heavy atom. The summed E-state index contributed by atoms with van der Waals surface area (Å²) in [5.41, 5.74) is 7.60. The normalized spacial score (nSPS) is 20.0. The highest BCUT2D eigenvalue weighted by Crippen LogP contribution is 2.41. The number of aromatic nitrogens is 6. The predicted molar refractivity (Wildman–Crippen MR) is 251 cm³/mol. The van der Waals surface area contributed by atoms with E-state index in [1.165, 1.54) is 56.3 Å². The third-order valence-electron chi connectivity index (χ3n) is 13.3. The van der Waals surface area contributed by atoms with Gasteiger partial charge in [-0.25, -0.2) is 27.4 Å². The molecule has 0 bridgehead atoms. The van der Waals surface area contributed by atoms with Crippen LogP contribution in [-0.4, -0.2) is 78.8 Å². The van der Waals surface area contributed by atoms with Crippen molar-refractivity contribution in [3.8, 4) is 0 Å². The Bertz CT molecular complexity index is 2760. The average Bonchev–Trinajstić information content (AvgIpc) is 4.24. The van der Waals surface area contributed by atoms with E-state index < -0.39 is 26.9 Å². The molecule has 2 aliphatic heterocycles. The van der Waals surface area contributed by atoms with Gasteiger partial charge in [0.2, 0.25) is 15.9 Å². The van der Waals surface area contributed by atoms with Crippen molar-refractivity contribution >= 4 is 33.2 Å². The molecule has 4 aromatic heterocycles. The van der Waals surface area contributed by atoms with Crippen molar-refractivity contribution in [1.29, 1.82) is 0 Å². The Hall–Kier alpha value is -5.51. The number of benzene rings is 2. The minimum absolute atomic E-state index is 0.240. The van der Waals surface area contributed by atoms with Gasteiger partial charge in [0.15, 0.2) is 11.3 Å². The summed E-state index contributed by atoms with van der Waals surface area (Å²) in [4.78, 5) is 36.3. The van der Waals surface area contributed by atoms with Crippen molar-refractivity contribution in [1.82, 2.24) is 44.1 Å². The molecule has 2 saturated heterocycles. The quantitative estimate of drug-likeness (QED) is 0.122. The van der Waals surface area contributed by atoms with Gasteiger partial charge >= 0.3 is 5.97 Å². The molecule has 0 unspecified atom stereocenters. The minimum Gasteiger partial charge on any atom is -0.481 e. The highest BCUT2D eigenvalue weighted by atomic mass is 32.2. The lowest BCUT2D eigenvalue weighted by atomic mass is 9.85. The Balaban J connectivity index is 0.000000154. The Morgan fingerprint density at radius 3 is 1.72 bits per heavy atom. The molecule has 2 aliphatic carbocycles. The zero-order valence-corrected chi connectivity index (χ0v) is 39.3. The number of hydrogen-bond acceptors (Lipinski definition) is 9. The van der Waals surface area contributed by atoms with E-state index in [2.05, 4.69) is 35.2 Å². The molecule has 344 valence electrons. The van der Waals surface area contributed by atoms with Crippen molar-refractivity contribution in [2.45, 2.75) is 134 Å². The van der Waals surface area contributed by atoms with Crippen LogP contribution >= 0.6 is 0 Å². The number of carbonyl (C=O) groups is 2. The summed E-state index contributed by atoms with van der Waals surface area (Å²) in [6, 6.07) is 26.9. The number of likely N-dealkylation sites (tertiary alicyclic amines) is 1. The van der Waals surface area contributed by atoms with Crippen molar-refractivity contribution in [3.63, 3.8) is 0 Å². The fourth-order valence-electron chi connectivity index (χ4n) is 9.07. The molecule has 3 N–H and O–H groups in total. The second-order valence-electron chi connectivity index (χ2n) is 19.0. The first-order valence-electron chi connectivity index (χ1n) is 23.1. The van der Waals surface area contributed by atoms with Crippen LogP contribution in [0.5, 0.6) is 0 Å². The van der Waals surface area contributed by atoms with Gasteiger partial charge in [0, 0.05) is 53.3 Å². The van der Waals surface area contributed by atoms with Crippen LogP contribution in [0.4, 0.5) is 0 Å². The zero-order valence-electron chi connectivity index (χ0n) is 38.5. The number of carbonyl (C=O) groups excluding carboxylic acids is 1. The van der Waals surface area contributed by atoms with Gasteiger partial charge in [-0.1, -0.05) is 67.1 Å². The highest BCUT2D eigenvalue weighted by molar-refractivity contribution is 7.88. The molecule has 6 aromatic rings. The third kappa shape index (κ3) is 10.5. The molecule has 6 heterocycles. The van der Waals surface area contributed by atoms with E-state index in [1.807, 2.05) is 70.6 Å². The van der Waals surface area contributed by atoms with Crippen LogP contribution in [0.1, 0.15) is 154 Å². The van der Waals surface area contributed by atoms with E-state index in [9.17, 15) is 18.0 Å². The number of hydrogen-bond donors (Lipinski definition) is 3. The van der Waals surface area contributed by atoms with Gasteiger partial charge in [-0.3, -0.25) is 9.59 Å². The summed E-state index contributed by atoms with van der Waals surface area (Å²) in [5, 5.41) is 22.0. The lowest BCUT2D eigenvalue weighted by Gasteiger charge is -2.41. The Morgan fingerprint density at radius 2 is 1.22 bits per heavy atom. The molecule has 15 heteroatoms. The Kier molecular flexibility index (Phi) is 13.3. The number of carboxylic acids is 1. The number of nitrogens with zero attached hydrogens (tertiary/aromatic N) is 7. The van der Waals surface area contributed by atoms with Crippen LogP contribution in [-0.2, 0) is 30.6 Å². The number of fused-ring (bicyclic) bond motifs is 2. The molecule has 2 saturated carbocycles. The second-order valence-corrected chi connectivity index (χ2v) is 20.8. The van der Waals surface area contributed by atoms with Crippen molar-refractivity contribution in [3.05, 3.63) is 130 Å². The molecule has 1 amide bonds. The summed E-state index contributed by atoms with van der Waals surface area (Å²) in [6.07, 6.45) is 12.4. The maximum absolute atomic E-state index is 14.1. The number of nitrogens with one attached hydrogen (secondary N) is 2.